The first-order valence-electron chi connectivity index (χ1n) is 6.61. The van der Waals surface area contributed by atoms with E-state index in [0.717, 1.165) is 13.1 Å². The number of carbonyl (C=O) groups is 1. The summed E-state index contributed by atoms with van der Waals surface area (Å²) in [6.07, 6.45) is 1.68. The molecule has 4 nitrogen and oxygen atoms in total. The van der Waals surface area contributed by atoms with Gasteiger partial charge in [0.15, 0.2) is 0 Å². The van der Waals surface area contributed by atoms with Crippen LogP contribution in [0.25, 0.3) is 0 Å². The Morgan fingerprint density at radius 2 is 2.10 bits per heavy atom. The zero-order chi connectivity index (χ0) is 13.7. The number of carbonyl (C=O) groups excluding carboxylic acids is 1. The van der Waals surface area contributed by atoms with Crippen LogP contribution < -0.4 is 11.1 Å². The fraction of sp³-hybridized carbons (Fsp3) is 0.400. The van der Waals surface area contributed by atoms with E-state index in [1.807, 2.05) is 18.2 Å². The van der Waals surface area contributed by atoms with Crippen LogP contribution in [0.15, 0.2) is 43.0 Å². The first-order chi connectivity index (χ1) is 9.20. The smallest absolute Gasteiger partial charge is 0.234 e. The molecule has 3 N–H and O–H groups in total. The Labute approximate surface area is 126 Å². The Bertz CT molecular complexity index is 438. The van der Waals surface area contributed by atoms with E-state index in [9.17, 15) is 4.79 Å². The van der Waals surface area contributed by atoms with Gasteiger partial charge in [0.25, 0.3) is 0 Å². The van der Waals surface area contributed by atoms with Crippen molar-refractivity contribution >= 4 is 18.3 Å². The second kappa shape index (κ2) is 8.04. The number of hydrogen-bond donors (Lipinski definition) is 2. The number of benzene rings is 1. The maximum Gasteiger partial charge on any atom is 0.234 e. The van der Waals surface area contributed by atoms with Gasteiger partial charge >= 0.3 is 0 Å². The highest BCUT2D eigenvalue weighted by molar-refractivity contribution is 5.85. The van der Waals surface area contributed by atoms with Gasteiger partial charge in [-0.1, -0.05) is 36.4 Å². The molecule has 1 aromatic carbocycles. The van der Waals surface area contributed by atoms with Crippen LogP contribution in [0.1, 0.15) is 11.5 Å². The lowest BCUT2D eigenvalue weighted by Gasteiger charge is -2.15. The summed E-state index contributed by atoms with van der Waals surface area (Å²) in [5, 5.41) is 2.79. The fourth-order valence-electron chi connectivity index (χ4n) is 2.54. The van der Waals surface area contributed by atoms with Crippen molar-refractivity contribution < 1.29 is 4.79 Å². The molecule has 110 valence electrons. The number of hydrogen-bond acceptors (Lipinski definition) is 3. The van der Waals surface area contributed by atoms with Crippen molar-refractivity contribution in [2.24, 2.45) is 5.73 Å². The first-order valence-corrected chi connectivity index (χ1v) is 6.61. The van der Waals surface area contributed by atoms with Crippen molar-refractivity contribution in [2.75, 3.05) is 26.2 Å². The van der Waals surface area contributed by atoms with Crippen molar-refractivity contribution in [1.29, 1.82) is 0 Å². The first kappa shape index (κ1) is 16.7. The van der Waals surface area contributed by atoms with Crippen molar-refractivity contribution in [3.63, 3.8) is 0 Å². The molecule has 1 aromatic rings. The Morgan fingerprint density at radius 3 is 2.75 bits per heavy atom. The van der Waals surface area contributed by atoms with Gasteiger partial charge in [0.1, 0.15) is 0 Å². The summed E-state index contributed by atoms with van der Waals surface area (Å²) in [7, 11) is 0. The van der Waals surface area contributed by atoms with Crippen LogP contribution in [0.4, 0.5) is 0 Å². The summed E-state index contributed by atoms with van der Waals surface area (Å²) in [5.41, 5.74) is 7.44. The topological polar surface area (TPSA) is 58.4 Å². The monoisotopic (exact) mass is 295 g/mol. The molecule has 0 unspecified atom stereocenters. The lowest BCUT2D eigenvalue weighted by molar-refractivity contribution is -0.121. The Hall–Kier alpha value is -1.36. The summed E-state index contributed by atoms with van der Waals surface area (Å²) in [6.45, 7) is 6.11. The molecule has 2 atom stereocenters. The predicted molar refractivity (Wildman–Crippen MR) is 84.1 cm³/mol. The normalized spacial score (nSPS) is 22.1. The van der Waals surface area contributed by atoms with E-state index in [4.69, 9.17) is 5.73 Å². The van der Waals surface area contributed by atoms with Crippen molar-refractivity contribution in [1.82, 2.24) is 10.2 Å². The zero-order valence-electron chi connectivity index (χ0n) is 11.5. The molecule has 2 rings (SSSR count). The van der Waals surface area contributed by atoms with Gasteiger partial charge in [-0.3, -0.25) is 9.69 Å². The Morgan fingerprint density at radius 1 is 1.40 bits per heavy atom. The Kier molecular flexibility index (Phi) is 6.71. The number of nitrogens with one attached hydrogen (secondary N) is 1. The van der Waals surface area contributed by atoms with Gasteiger partial charge in [0, 0.05) is 31.6 Å². The van der Waals surface area contributed by atoms with Gasteiger partial charge in [0.05, 0.1) is 6.54 Å². The third-order valence-corrected chi connectivity index (χ3v) is 3.48. The Balaban J connectivity index is 0.00000200. The predicted octanol–water partition coefficient (Wildman–Crippen LogP) is 1.14. The highest BCUT2D eigenvalue weighted by atomic mass is 35.5. The SMILES string of the molecule is C=CCNC(=O)CN1C[C@@H](N)[C@H](c2ccccc2)C1.Cl. The fourth-order valence-corrected chi connectivity index (χ4v) is 2.54. The van der Waals surface area contributed by atoms with Gasteiger partial charge in [-0.15, -0.1) is 19.0 Å². The molecular weight excluding hydrogens is 274 g/mol. The number of nitrogens with two attached hydrogens (primary N) is 1. The van der Waals surface area contributed by atoms with E-state index in [-0.39, 0.29) is 24.4 Å². The quantitative estimate of drug-likeness (QED) is 0.801. The highest BCUT2D eigenvalue weighted by Gasteiger charge is 2.31. The molecule has 0 saturated carbocycles. The minimum absolute atomic E-state index is 0. The van der Waals surface area contributed by atoms with Crippen LogP contribution in [0.3, 0.4) is 0 Å². The molecule has 5 heteroatoms. The van der Waals surface area contributed by atoms with Crippen LogP contribution in [-0.4, -0.2) is 43.0 Å². The van der Waals surface area contributed by atoms with Crippen LogP contribution >= 0.6 is 12.4 Å². The average Bonchev–Trinajstić information content (AvgIpc) is 2.78. The lowest BCUT2D eigenvalue weighted by Crippen LogP contribution is -2.37. The van der Waals surface area contributed by atoms with E-state index in [0.29, 0.717) is 19.0 Å². The zero-order valence-corrected chi connectivity index (χ0v) is 12.3. The number of rotatable bonds is 5. The molecule has 1 saturated heterocycles. The van der Waals surface area contributed by atoms with E-state index in [1.54, 1.807) is 6.08 Å². The minimum atomic E-state index is 0. The molecule has 1 fully saturated rings. The third kappa shape index (κ3) is 4.34. The molecule has 0 spiro atoms. The van der Waals surface area contributed by atoms with Gasteiger partial charge in [-0.05, 0) is 5.56 Å². The van der Waals surface area contributed by atoms with Crippen LogP contribution in [0.2, 0.25) is 0 Å². The van der Waals surface area contributed by atoms with Crippen LogP contribution in [0.5, 0.6) is 0 Å². The molecule has 1 heterocycles. The molecule has 20 heavy (non-hydrogen) atoms. The largest absolute Gasteiger partial charge is 0.352 e. The molecular formula is C15H22ClN3O. The third-order valence-electron chi connectivity index (χ3n) is 3.48. The summed E-state index contributed by atoms with van der Waals surface area (Å²) < 4.78 is 0. The maximum absolute atomic E-state index is 11.7. The minimum Gasteiger partial charge on any atom is -0.352 e. The summed E-state index contributed by atoms with van der Waals surface area (Å²) in [4.78, 5) is 13.8. The number of amides is 1. The number of halogens is 1. The summed E-state index contributed by atoms with van der Waals surface area (Å²) >= 11 is 0. The molecule has 0 radical (unpaired) electrons. The van der Waals surface area contributed by atoms with Gasteiger partial charge in [-0.25, -0.2) is 0 Å². The van der Waals surface area contributed by atoms with E-state index < -0.39 is 0 Å². The van der Waals surface area contributed by atoms with Crippen molar-refractivity contribution in [3.05, 3.63) is 48.6 Å². The average molecular weight is 296 g/mol. The lowest BCUT2D eigenvalue weighted by atomic mass is 9.95. The molecule has 0 aromatic heterocycles. The van der Waals surface area contributed by atoms with Crippen LogP contribution in [-0.2, 0) is 4.79 Å². The summed E-state index contributed by atoms with van der Waals surface area (Å²) in [6, 6.07) is 10.4. The molecule has 0 aliphatic carbocycles. The van der Waals surface area contributed by atoms with E-state index >= 15 is 0 Å². The van der Waals surface area contributed by atoms with Crippen molar-refractivity contribution in [2.45, 2.75) is 12.0 Å². The maximum atomic E-state index is 11.7. The van der Waals surface area contributed by atoms with E-state index in [2.05, 4.69) is 28.9 Å². The standard InChI is InChI=1S/C15H21N3O.ClH/c1-2-8-17-15(19)11-18-9-13(14(16)10-18)12-6-4-3-5-7-12;/h2-7,13-14H,1,8-11,16H2,(H,17,19);1H/t13-,14+;/m0./s1. The second-order valence-corrected chi connectivity index (χ2v) is 4.97. The van der Waals surface area contributed by atoms with E-state index in [1.165, 1.54) is 5.56 Å². The molecule has 1 amide bonds. The van der Waals surface area contributed by atoms with Crippen LogP contribution in [0, 0.1) is 0 Å². The van der Waals surface area contributed by atoms with Gasteiger partial charge in [0.2, 0.25) is 5.91 Å². The van der Waals surface area contributed by atoms with Gasteiger partial charge in [-0.2, -0.15) is 0 Å². The number of likely N-dealkylation sites (tertiary alicyclic amines) is 1. The number of nitrogens with zero attached hydrogens (tertiary/aromatic N) is 1. The summed E-state index contributed by atoms with van der Waals surface area (Å²) in [5.74, 6) is 0.342. The van der Waals surface area contributed by atoms with Crippen molar-refractivity contribution in [3.8, 4) is 0 Å². The molecule has 1 aliphatic heterocycles. The second-order valence-electron chi connectivity index (χ2n) is 4.97. The molecule has 0 bridgehead atoms. The van der Waals surface area contributed by atoms with Gasteiger partial charge < -0.3 is 11.1 Å². The highest BCUT2D eigenvalue weighted by Crippen LogP contribution is 2.25. The molecule has 1 aliphatic rings.